The highest BCUT2D eigenvalue weighted by Crippen LogP contribution is 2.43. The Morgan fingerprint density at radius 3 is 1.78 bits per heavy atom. The normalized spacial score (nSPS) is 14.4. The monoisotopic (exact) mass is 661 g/mol. The first-order chi connectivity index (χ1) is 21.6. The lowest BCUT2D eigenvalue weighted by atomic mass is 10.1. The first kappa shape index (κ1) is 43.0. The maximum absolute atomic E-state index is 12.2. The van der Waals surface area contributed by atoms with E-state index in [4.69, 9.17) is 13.8 Å². The molecule has 4 N–H and O–H groups in total. The van der Waals surface area contributed by atoms with Crippen LogP contribution in [0.4, 0.5) is 0 Å². The van der Waals surface area contributed by atoms with Gasteiger partial charge in [-0.1, -0.05) is 95.9 Å². The third-order valence-electron chi connectivity index (χ3n) is 6.94. The summed E-state index contributed by atoms with van der Waals surface area (Å²) in [6.07, 6.45) is 25.2. The molecule has 1 amide bonds. The number of aliphatic hydroxyl groups excluding tert-OH is 1. The first-order valence-corrected chi connectivity index (χ1v) is 18.4. The van der Waals surface area contributed by atoms with Crippen LogP contribution in [0.3, 0.4) is 0 Å². The van der Waals surface area contributed by atoms with E-state index in [0.29, 0.717) is 12.8 Å². The van der Waals surface area contributed by atoms with Crippen LogP contribution in [0.15, 0.2) is 24.3 Å². The number of rotatable bonds is 31. The van der Waals surface area contributed by atoms with Gasteiger partial charge < -0.3 is 25.2 Å². The van der Waals surface area contributed by atoms with E-state index in [1.54, 1.807) is 0 Å². The molecule has 0 aromatic heterocycles. The van der Waals surface area contributed by atoms with Gasteiger partial charge in [0.1, 0.15) is 12.7 Å². The van der Waals surface area contributed by atoms with Crippen LogP contribution in [0.5, 0.6) is 0 Å². The fourth-order valence-electron chi connectivity index (χ4n) is 4.24. The number of aliphatic hydroxyl groups is 1. The van der Waals surface area contributed by atoms with E-state index in [1.807, 2.05) is 0 Å². The largest absolute Gasteiger partial charge is 0.480 e. The summed E-state index contributed by atoms with van der Waals surface area (Å²) >= 11 is 0. The third kappa shape index (κ3) is 29.1. The van der Waals surface area contributed by atoms with Crippen molar-refractivity contribution in [3.05, 3.63) is 24.3 Å². The molecule has 0 spiro atoms. The molecule has 0 saturated heterocycles. The lowest BCUT2D eigenvalue weighted by Crippen LogP contribution is -2.43. The Labute approximate surface area is 270 Å². The zero-order valence-corrected chi connectivity index (χ0v) is 28.6. The summed E-state index contributed by atoms with van der Waals surface area (Å²) in [5.74, 6) is -2.40. The highest BCUT2D eigenvalue weighted by molar-refractivity contribution is 7.47. The van der Waals surface area contributed by atoms with E-state index in [1.165, 1.54) is 12.8 Å². The Balaban J connectivity index is 4.05. The number of hydrogen-bond acceptors (Lipinski definition) is 8. The van der Waals surface area contributed by atoms with Crippen molar-refractivity contribution >= 4 is 25.7 Å². The van der Waals surface area contributed by atoms with E-state index < -0.39 is 57.6 Å². The summed E-state index contributed by atoms with van der Waals surface area (Å²) in [6, 6.07) is -1.55. The first-order valence-electron chi connectivity index (χ1n) is 16.9. The molecule has 0 bridgehead atoms. The summed E-state index contributed by atoms with van der Waals surface area (Å²) in [4.78, 5) is 45.4. The van der Waals surface area contributed by atoms with Crippen molar-refractivity contribution in [3.63, 3.8) is 0 Å². The smallest absolute Gasteiger partial charge is 0.472 e. The summed E-state index contributed by atoms with van der Waals surface area (Å²) < 4.78 is 26.6. The number of carbonyl (C=O) groups excluding carboxylic acids is 2. The van der Waals surface area contributed by atoms with Gasteiger partial charge in [-0.3, -0.25) is 18.6 Å². The molecule has 0 aliphatic rings. The lowest BCUT2D eigenvalue weighted by molar-refractivity contribution is -0.147. The molecule has 262 valence electrons. The second-order valence-electron chi connectivity index (χ2n) is 11.3. The third-order valence-corrected chi connectivity index (χ3v) is 7.89. The minimum absolute atomic E-state index is 0.135. The summed E-state index contributed by atoms with van der Waals surface area (Å²) in [5.41, 5.74) is 0. The van der Waals surface area contributed by atoms with Gasteiger partial charge in [0.2, 0.25) is 5.91 Å². The quantitative estimate of drug-likeness (QED) is 0.0259. The average Bonchev–Trinajstić information content (AvgIpc) is 3.00. The Morgan fingerprint density at radius 1 is 0.689 bits per heavy atom. The van der Waals surface area contributed by atoms with Gasteiger partial charge in [-0.25, -0.2) is 9.36 Å². The molecule has 0 fully saturated rings. The molecule has 11 nitrogen and oxygen atoms in total. The van der Waals surface area contributed by atoms with Gasteiger partial charge >= 0.3 is 19.8 Å². The van der Waals surface area contributed by atoms with Crippen LogP contribution < -0.4 is 5.32 Å². The second kappa shape index (κ2) is 29.4. The van der Waals surface area contributed by atoms with E-state index in [9.17, 15) is 34.1 Å². The van der Waals surface area contributed by atoms with Gasteiger partial charge in [-0.05, 0) is 51.4 Å². The van der Waals surface area contributed by atoms with E-state index in [-0.39, 0.29) is 12.8 Å². The minimum atomic E-state index is -4.74. The van der Waals surface area contributed by atoms with Crippen LogP contribution in [0.25, 0.3) is 0 Å². The fraction of sp³-hybridized carbons (Fsp3) is 0.788. The molecule has 0 aromatic rings. The Kier molecular flexibility index (Phi) is 28.0. The predicted octanol–water partition coefficient (Wildman–Crippen LogP) is 7.16. The minimum Gasteiger partial charge on any atom is -0.480 e. The van der Waals surface area contributed by atoms with Crippen molar-refractivity contribution in [1.82, 2.24) is 5.32 Å². The second-order valence-corrected chi connectivity index (χ2v) is 12.8. The zero-order chi connectivity index (χ0) is 33.6. The van der Waals surface area contributed by atoms with Gasteiger partial charge in [0.25, 0.3) is 0 Å². The molecule has 3 unspecified atom stereocenters. The number of hydrogen-bond donors (Lipinski definition) is 4. The molecule has 0 radical (unpaired) electrons. The molecule has 0 rings (SSSR count). The van der Waals surface area contributed by atoms with Crippen LogP contribution in [-0.2, 0) is 32.7 Å². The number of nitrogens with one attached hydrogen (secondary N) is 1. The van der Waals surface area contributed by atoms with Crippen molar-refractivity contribution in [3.8, 4) is 0 Å². The maximum Gasteiger partial charge on any atom is 0.472 e. The van der Waals surface area contributed by atoms with Crippen molar-refractivity contribution in [2.75, 3.05) is 19.8 Å². The van der Waals surface area contributed by atoms with Crippen LogP contribution in [0.2, 0.25) is 0 Å². The molecule has 0 aliphatic heterocycles. The van der Waals surface area contributed by atoms with Gasteiger partial charge in [0.15, 0.2) is 6.04 Å². The van der Waals surface area contributed by atoms with Crippen molar-refractivity contribution < 1.29 is 47.8 Å². The number of carboxylic acid groups (broad SMARTS) is 1. The number of aliphatic carboxylic acids is 1. The molecule has 0 saturated carbocycles. The molecule has 0 aromatic carbocycles. The molecule has 45 heavy (non-hydrogen) atoms. The molecular weight excluding hydrogens is 601 g/mol. The van der Waals surface area contributed by atoms with E-state index >= 15 is 0 Å². The van der Waals surface area contributed by atoms with Gasteiger partial charge in [-0.15, -0.1) is 0 Å². The SMILES string of the molecule is CCC/C=C\CCCCCCCC(=O)OCC(O)COP(=O)(O)OCC(NC(=O)CCCCCCC/C=C\CCCC)C(=O)O. The summed E-state index contributed by atoms with van der Waals surface area (Å²) in [7, 11) is -4.74. The number of carboxylic acids is 1. The van der Waals surface area contributed by atoms with Crippen molar-refractivity contribution in [1.29, 1.82) is 0 Å². The maximum atomic E-state index is 12.2. The van der Waals surface area contributed by atoms with Gasteiger partial charge in [-0.2, -0.15) is 0 Å². The number of phosphoric ester groups is 1. The summed E-state index contributed by atoms with van der Waals surface area (Å²) in [5, 5.41) is 21.6. The lowest BCUT2D eigenvalue weighted by Gasteiger charge is -2.18. The zero-order valence-electron chi connectivity index (χ0n) is 27.7. The topological polar surface area (TPSA) is 169 Å². The van der Waals surface area contributed by atoms with Crippen molar-refractivity contribution in [2.24, 2.45) is 0 Å². The number of ether oxygens (including phenoxy) is 1. The van der Waals surface area contributed by atoms with Gasteiger partial charge in [0.05, 0.1) is 13.2 Å². The van der Waals surface area contributed by atoms with Crippen LogP contribution in [0.1, 0.15) is 136 Å². The van der Waals surface area contributed by atoms with Crippen molar-refractivity contribution in [2.45, 2.75) is 148 Å². The Morgan fingerprint density at radius 2 is 1.20 bits per heavy atom. The molecule has 3 atom stereocenters. The number of carbonyl (C=O) groups is 3. The standard InChI is InChI=1S/C33H60NO10P/c1-3-5-7-9-11-13-15-16-18-20-22-24-31(36)34-30(33(38)39)28-44-45(40,41)43-27-29(35)26-42-32(37)25-23-21-19-17-14-12-10-8-6-4-2/h8-11,29-30,35H,3-7,12-28H2,1-2H3,(H,34,36)(H,38,39)(H,40,41)/b10-8-,11-9-. The Hall–Kier alpha value is -2.04. The average molecular weight is 662 g/mol. The number of allylic oxidation sites excluding steroid dienone is 4. The Bertz CT molecular complexity index is 880. The van der Waals surface area contributed by atoms with Gasteiger partial charge in [0, 0.05) is 12.8 Å². The number of unbranched alkanes of at least 4 members (excludes halogenated alkanes) is 13. The number of phosphoric acid groups is 1. The van der Waals surface area contributed by atoms with E-state index in [2.05, 4.69) is 43.5 Å². The predicted molar refractivity (Wildman–Crippen MR) is 176 cm³/mol. The molecular formula is C33H60NO10P. The molecule has 0 heterocycles. The molecule has 12 heteroatoms. The number of amides is 1. The molecule has 0 aliphatic carbocycles. The highest BCUT2D eigenvalue weighted by atomic mass is 31.2. The van der Waals surface area contributed by atoms with E-state index in [0.717, 1.165) is 83.5 Å². The van der Waals surface area contributed by atoms with Crippen LogP contribution in [0, 0.1) is 0 Å². The highest BCUT2D eigenvalue weighted by Gasteiger charge is 2.28. The summed E-state index contributed by atoms with van der Waals surface area (Å²) in [6.45, 7) is 2.42. The van der Waals surface area contributed by atoms with Crippen LogP contribution in [-0.4, -0.2) is 64.9 Å². The number of esters is 1. The fourth-order valence-corrected chi connectivity index (χ4v) is 5.01. The van der Waals surface area contributed by atoms with Crippen LogP contribution >= 0.6 is 7.82 Å².